The van der Waals surface area contributed by atoms with Gasteiger partial charge in [0.15, 0.2) is 0 Å². The van der Waals surface area contributed by atoms with Crippen LogP contribution in [0.4, 0.5) is 0 Å². The van der Waals surface area contributed by atoms with Crippen LogP contribution in [0.25, 0.3) is 0 Å². The van der Waals surface area contributed by atoms with E-state index in [1.54, 1.807) is 0 Å². The molecule has 1 N–H and O–H groups in total. The number of likely N-dealkylation sites (tertiary alicyclic amines) is 1. The maximum atomic E-state index is 3.82. The van der Waals surface area contributed by atoms with Crippen LogP contribution < -0.4 is 5.32 Å². The van der Waals surface area contributed by atoms with Crippen molar-refractivity contribution >= 4 is 0 Å². The average molecular weight is 238 g/mol. The minimum absolute atomic E-state index is 0.732. The molecule has 0 aromatic rings. The molecule has 0 aromatic carbocycles. The van der Waals surface area contributed by atoms with E-state index in [-0.39, 0.29) is 0 Å². The van der Waals surface area contributed by atoms with E-state index in [2.05, 4.69) is 31.0 Å². The number of hydrogen-bond acceptors (Lipinski definition) is 2. The fraction of sp³-hybridized carbons (Fsp3) is 1.00. The van der Waals surface area contributed by atoms with E-state index >= 15 is 0 Å². The summed E-state index contributed by atoms with van der Waals surface area (Å²) in [5.41, 5.74) is 0. The normalized spacial score (nSPS) is 35.6. The second-order valence-corrected chi connectivity index (χ2v) is 6.61. The summed E-state index contributed by atoms with van der Waals surface area (Å²) in [4.78, 5) is 2.62. The zero-order valence-electron chi connectivity index (χ0n) is 11.9. The summed E-state index contributed by atoms with van der Waals surface area (Å²) in [6, 6.07) is 1.55. The molecule has 1 unspecified atom stereocenters. The molecule has 2 aliphatic rings. The minimum Gasteiger partial charge on any atom is -0.314 e. The van der Waals surface area contributed by atoms with Gasteiger partial charge in [-0.2, -0.15) is 0 Å². The number of rotatable bonds is 4. The quantitative estimate of drug-likeness (QED) is 0.810. The number of nitrogens with one attached hydrogen (secondary N) is 1. The third-order valence-corrected chi connectivity index (χ3v) is 4.76. The van der Waals surface area contributed by atoms with Crippen LogP contribution in [-0.2, 0) is 0 Å². The Balaban J connectivity index is 1.63. The molecule has 1 atom stereocenters. The molecule has 0 bridgehead atoms. The molecule has 1 aliphatic carbocycles. The Morgan fingerprint density at radius 1 is 1.12 bits per heavy atom. The van der Waals surface area contributed by atoms with Crippen molar-refractivity contribution in [3.05, 3.63) is 0 Å². The standard InChI is InChI=1S/C15H30N2/c1-12(2)17-9-8-14(11-17)10-16-15-6-4-13(3)5-7-15/h12-16H,4-11H2,1-3H3. The highest BCUT2D eigenvalue weighted by Gasteiger charge is 2.25. The molecule has 0 spiro atoms. The van der Waals surface area contributed by atoms with Crippen LogP contribution in [-0.4, -0.2) is 36.6 Å². The first-order chi connectivity index (χ1) is 8.15. The van der Waals surface area contributed by atoms with Crippen molar-refractivity contribution in [2.75, 3.05) is 19.6 Å². The second-order valence-electron chi connectivity index (χ2n) is 6.61. The topological polar surface area (TPSA) is 15.3 Å². The lowest BCUT2D eigenvalue weighted by atomic mass is 9.87. The molecule has 2 rings (SSSR count). The van der Waals surface area contributed by atoms with E-state index in [1.165, 1.54) is 51.7 Å². The fourth-order valence-corrected chi connectivity index (χ4v) is 3.30. The van der Waals surface area contributed by atoms with Gasteiger partial charge in [0, 0.05) is 18.6 Å². The van der Waals surface area contributed by atoms with E-state index in [9.17, 15) is 0 Å². The molecule has 1 saturated heterocycles. The molecule has 0 amide bonds. The van der Waals surface area contributed by atoms with E-state index in [4.69, 9.17) is 0 Å². The summed E-state index contributed by atoms with van der Waals surface area (Å²) >= 11 is 0. The van der Waals surface area contributed by atoms with E-state index in [1.807, 2.05) is 0 Å². The zero-order chi connectivity index (χ0) is 12.3. The van der Waals surface area contributed by atoms with Gasteiger partial charge in [-0.15, -0.1) is 0 Å². The van der Waals surface area contributed by atoms with Crippen molar-refractivity contribution in [1.82, 2.24) is 10.2 Å². The van der Waals surface area contributed by atoms with Gasteiger partial charge in [0.25, 0.3) is 0 Å². The Bertz CT molecular complexity index is 219. The summed E-state index contributed by atoms with van der Waals surface area (Å²) < 4.78 is 0. The van der Waals surface area contributed by atoms with E-state index in [0.717, 1.165) is 23.9 Å². The van der Waals surface area contributed by atoms with Gasteiger partial charge in [-0.1, -0.05) is 6.92 Å². The highest BCUT2D eigenvalue weighted by molar-refractivity contribution is 4.82. The third-order valence-electron chi connectivity index (χ3n) is 4.76. The Hall–Kier alpha value is -0.0800. The summed E-state index contributed by atoms with van der Waals surface area (Å²) in [6.45, 7) is 10.9. The SMILES string of the molecule is CC1CCC(NCC2CCN(C(C)C)C2)CC1. The molecular formula is C15H30N2. The van der Waals surface area contributed by atoms with Crippen molar-refractivity contribution < 1.29 is 0 Å². The van der Waals surface area contributed by atoms with Gasteiger partial charge >= 0.3 is 0 Å². The molecule has 100 valence electrons. The van der Waals surface area contributed by atoms with Crippen molar-refractivity contribution in [2.45, 2.75) is 65.0 Å². The van der Waals surface area contributed by atoms with Crippen LogP contribution in [0.3, 0.4) is 0 Å². The molecule has 17 heavy (non-hydrogen) atoms. The van der Waals surface area contributed by atoms with Gasteiger partial charge in [-0.3, -0.25) is 0 Å². The van der Waals surface area contributed by atoms with Gasteiger partial charge in [0.2, 0.25) is 0 Å². The molecule has 2 heteroatoms. The van der Waals surface area contributed by atoms with Crippen LogP contribution in [0.15, 0.2) is 0 Å². The van der Waals surface area contributed by atoms with Gasteiger partial charge in [0.1, 0.15) is 0 Å². The first-order valence-corrected chi connectivity index (χ1v) is 7.62. The lowest BCUT2D eigenvalue weighted by molar-refractivity contribution is 0.256. The molecule has 1 saturated carbocycles. The molecular weight excluding hydrogens is 208 g/mol. The Morgan fingerprint density at radius 2 is 1.82 bits per heavy atom. The Morgan fingerprint density at radius 3 is 2.41 bits per heavy atom. The maximum Gasteiger partial charge on any atom is 0.00673 e. The van der Waals surface area contributed by atoms with Crippen molar-refractivity contribution in [1.29, 1.82) is 0 Å². The predicted octanol–water partition coefficient (Wildman–Crippen LogP) is 2.89. The summed E-state index contributed by atoms with van der Waals surface area (Å²) in [5.74, 6) is 1.87. The van der Waals surface area contributed by atoms with Crippen LogP contribution in [0.2, 0.25) is 0 Å². The van der Waals surface area contributed by atoms with Crippen LogP contribution in [0.5, 0.6) is 0 Å². The first-order valence-electron chi connectivity index (χ1n) is 7.62. The minimum atomic E-state index is 0.732. The molecule has 2 fully saturated rings. The van der Waals surface area contributed by atoms with Gasteiger partial charge in [-0.05, 0) is 70.9 Å². The highest BCUT2D eigenvalue weighted by atomic mass is 15.2. The van der Waals surface area contributed by atoms with Crippen LogP contribution >= 0.6 is 0 Å². The highest BCUT2D eigenvalue weighted by Crippen LogP contribution is 2.24. The molecule has 2 nitrogen and oxygen atoms in total. The molecule has 0 aromatic heterocycles. The largest absolute Gasteiger partial charge is 0.314 e. The van der Waals surface area contributed by atoms with Gasteiger partial charge < -0.3 is 10.2 Å². The zero-order valence-corrected chi connectivity index (χ0v) is 11.9. The summed E-state index contributed by atoms with van der Waals surface area (Å²) in [7, 11) is 0. The average Bonchev–Trinajstić information content (AvgIpc) is 2.77. The lowest BCUT2D eigenvalue weighted by Gasteiger charge is -2.28. The number of nitrogens with zero attached hydrogens (tertiary/aromatic N) is 1. The van der Waals surface area contributed by atoms with E-state index in [0.29, 0.717) is 0 Å². The lowest BCUT2D eigenvalue weighted by Crippen LogP contribution is -2.37. The number of hydrogen-bond donors (Lipinski definition) is 1. The van der Waals surface area contributed by atoms with Crippen molar-refractivity contribution in [3.8, 4) is 0 Å². The Labute approximate surface area is 107 Å². The summed E-state index contributed by atoms with van der Waals surface area (Å²) in [5, 5.41) is 3.82. The smallest absolute Gasteiger partial charge is 0.00673 e. The second kappa shape index (κ2) is 6.19. The maximum absolute atomic E-state index is 3.82. The van der Waals surface area contributed by atoms with Crippen molar-refractivity contribution in [3.63, 3.8) is 0 Å². The Kier molecular flexibility index (Phi) is 4.87. The van der Waals surface area contributed by atoms with Gasteiger partial charge in [0.05, 0.1) is 0 Å². The first kappa shape index (κ1) is 13.4. The van der Waals surface area contributed by atoms with Crippen molar-refractivity contribution in [2.24, 2.45) is 11.8 Å². The van der Waals surface area contributed by atoms with Gasteiger partial charge in [-0.25, -0.2) is 0 Å². The summed E-state index contributed by atoms with van der Waals surface area (Å²) in [6.07, 6.45) is 7.07. The molecule has 1 heterocycles. The monoisotopic (exact) mass is 238 g/mol. The van der Waals surface area contributed by atoms with Crippen LogP contribution in [0.1, 0.15) is 52.9 Å². The van der Waals surface area contributed by atoms with Crippen LogP contribution in [0, 0.1) is 11.8 Å². The van der Waals surface area contributed by atoms with E-state index < -0.39 is 0 Å². The third kappa shape index (κ3) is 3.96. The fourth-order valence-electron chi connectivity index (χ4n) is 3.30. The molecule has 1 aliphatic heterocycles. The predicted molar refractivity (Wildman–Crippen MR) is 74.2 cm³/mol. The molecule has 0 radical (unpaired) electrons.